The van der Waals surface area contributed by atoms with E-state index in [0.717, 1.165) is 25.2 Å². The maximum absolute atomic E-state index is 11.5. The predicted octanol–water partition coefficient (Wildman–Crippen LogP) is 1.73. The summed E-state index contributed by atoms with van der Waals surface area (Å²) in [6.45, 7) is 2.58. The Morgan fingerprint density at radius 2 is 2.14 bits per heavy atom. The van der Waals surface area contributed by atoms with Gasteiger partial charge in [-0.1, -0.05) is 30.3 Å². The Balaban J connectivity index is 1.65. The van der Waals surface area contributed by atoms with Crippen molar-refractivity contribution in [1.82, 2.24) is 9.88 Å². The van der Waals surface area contributed by atoms with Crippen LogP contribution in [0.5, 0.6) is 0 Å². The zero-order valence-electron chi connectivity index (χ0n) is 12.7. The van der Waals surface area contributed by atoms with Gasteiger partial charge in [0.1, 0.15) is 5.69 Å². The third kappa shape index (κ3) is 3.05. The van der Waals surface area contributed by atoms with E-state index in [-0.39, 0.29) is 12.0 Å². The molecule has 2 aromatic rings. The second-order valence-corrected chi connectivity index (χ2v) is 5.79. The molecule has 0 spiro atoms. The molecule has 5 nitrogen and oxygen atoms in total. The lowest BCUT2D eigenvalue weighted by molar-refractivity contribution is 0.0595. The molecule has 0 unspecified atom stereocenters. The fraction of sp³-hybridized carbons (Fsp3) is 0.353. The molecule has 3 rings (SSSR count). The quantitative estimate of drug-likeness (QED) is 0.843. The van der Waals surface area contributed by atoms with E-state index in [1.165, 1.54) is 12.7 Å². The van der Waals surface area contributed by atoms with Gasteiger partial charge in [-0.2, -0.15) is 0 Å². The first-order chi connectivity index (χ1) is 10.7. The Bertz CT molecular complexity index is 638. The van der Waals surface area contributed by atoms with Crippen molar-refractivity contribution in [2.45, 2.75) is 18.5 Å². The molecular weight excluding hydrogens is 278 g/mol. The topological polar surface area (TPSA) is 71.3 Å². The number of ether oxygens (including phenoxy) is 1. The number of aromatic amines is 1. The number of likely N-dealkylation sites (tertiary alicyclic amines) is 1. The van der Waals surface area contributed by atoms with Crippen LogP contribution in [0.25, 0.3) is 0 Å². The lowest BCUT2D eigenvalue weighted by atomic mass is 9.95. The molecule has 5 heteroatoms. The van der Waals surface area contributed by atoms with Crippen LogP contribution in [0.15, 0.2) is 42.6 Å². The monoisotopic (exact) mass is 299 g/mol. The third-order valence-electron chi connectivity index (χ3n) is 4.22. The standard InChI is InChI=1S/C17H21N3O2/c1-22-17(21)16-7-12(8-19-16)9-20-10-14(15(18)11-20)13-5-3-2-4-6-13/h2-8,14-15,19H,9-11,18H2,1H3/t14-,15+/m0/s1. The smallest absolute Gasteiger partial charge is 0.354 e. The number of hydrogen-bond donors (Lipinski definition) is 2. The van der Waals surface area contributed by atoms with Gasteiger partial charge < -0.3 is 15.5 Å². The number of aromatic nitrogens is 1. The number of hydrogen-bond acceptors (Lipinski definition) is 4. The van der Waals surface area contributed by atoms with E-state index in [0.29, 0.717) is 11.6 Å². The van der Waals surface area contributed by atoms with E-state index in [1.807, 2.05) is 18.3 Å². The Kier molecular flexibility index (Phi) is 4.27. The van der Waals surface area contributed by atoms with Gasteiger partial charge in [0.2, 0.25) is 0 Å². The molecule has 1 saturated heterocycles. The molecule has 0 amide bonds. The molecular formula is C17H21N3O2. The SMILES string of the molecule is COC(=O)c1cc(CN2C[C@@H](N)[C@H](c3ccccc3)C2)c[nH]1. The molecule has 2 heterocycles. The molecule has 116 valence electrons. The summed E-state index contributed by atoms with van der Waals surface area (Å²) >= 11 is 0. The molecule has 1 aliphatic heterocycles. The summed E-state index contributed by atoms with van der Waals surface area (Å²) in [5.74, 6) is 0.0201. The summed E-state index contributed by atoms with van der Waals surface area (Å²) in [4.78, 5) is 16.7. The Morgan fingerprint density at radius 1 is 1.36 bits per heavy atom. The minimum Gasteiger partial charge on any atom is -0.464 e. The number of methoxy groups -OCH3 is 1. The maximum Gasteiger partial charge on any atom is 0.354 e. The largest absolute Gasteiger partial charge is 0.464 e. The highest BCUT2D eigenvalue weighted by molar-refractivity contribution is 5.87. The summed E-state index contributed by atoms with van der Waals surface area (Å²) < 4.78 is 4.71. The number of benzene rings is 1. The molecule has 1 fully saturated rings. The van der Waals surface area contributed by atoms with Crippen molar-refractivity contribution < 1.29 is 9.53 Å². The number of rotatable bonds is 4. The van der Waals surface area contributed by atoms with Crippen LogP contribution >= 0.6 is 0 Å². The molecule has 0 saturated carbocycles. The number of H-pyrrole nitrogens is 1. The van der Waals surface area contributed by atoms with Gasteiger partial charge in [0.25, 0.3) is 0 Å². The highest BCUT2D eigenvalue weighted by Crippen LogP contribution is 2.27. The number of nitrogens with two attached hydrogens (primary N) is 1. The highest BCUT2D eigenvalue weighted by atomic mass is 16.5. The molecule has 1 aromatic carbocycles. The molecule has 0 radical (unpaired) electrons. The Morgan fingerprint density at radius 3 is 2.86 bits per heavy atom. The molecule has 0 bridgehead atoms. The van der Waals surface area contributed by atoms with Gasteiger partial charge in [-0.3, -0.25) is 4.90 Å². The van der Waals surface area contributed by atoms with Crippen LogP contribution < -0.4 is 5.73 Å². The molecule has 0 aliphatic carbocycles. The van der Waals surface area contributed by atoms with Crippen molar-refractivity contribution in [3.8, 4) is 0 Å². The Hall–Kier alpha value is -2.11. The van der Waals surface area contributed by atoms with Crippen LogP contribution in [-0.4, -0.2) is 42.1 Å². The van der Waals surface area contributed by atoms with Crippen molar-refractivity contribution in [3.63, 3.8) is 0 Å². The fourth-order valence-corrected chi connectivity index (χ4v) is 3.11. The number of nitrogens with one attached hydrogen (secondary N) is 1. The van der Waals surface area contributed by atoms with E-state index in [9.17, 15) is 4.79 Å². The van der Waals surface area contributed by atoms with Crippen molar-refractivity contribution in [1.29, 1.82) is 0 Å². The van der Waals surface area contributed by atoms with Crippen LogP contribution in [0, 0.1) is 0 Å². The first-order valence-electron chi connectivity index (χ1n) is 7.46. The Labute approximate surface area is 130 Å². The van der Waals surface area contributed by atoms with E-state index < -0.39 is 0 Å². The zero-order valence-corrected chi connectivity index (χ0v) is 12.7. The van der Waals surface area contributed by atoms with E-state index in [2.05, 4.69) is 34.1 Å². The van der Waals surface area contributed by atoms with Crippen molar-refractivity contribution in [2.24, 2.45) is 5.73 Å². The van der Waals surface area contributed by atoms with Crippen LogP contribution in [0.4, 0.5) is 0 Å². The maximum atomic E-state index is 11.5. The second-order valence-electron chi connectivity index (χ2n) is 5.79. The van der Waals surface area contributed by atoms with Gasteiger partial charge in [0.05, 0.1) is 7.11 Å². The van der Waals surface area contributed by atoms with Crippen molar-refractivity contribution in [3.05, 3.63) is 59.4 Å². The van der Waals surface area contributed by atoms with E-state index in [4.69, 9.17) is 10.5 Å². The molecule has 1 aliphatic rings. The minimum absolute atomic E-state index is 0.140. The minimum atomic E-state index is -0.341. The van der Waals surface area contributed by atoms with Gasteiger partial charge >= 0.3 is 5.97 Å². The number of nitrogens with zero attached hydrogens (tertiary/aromatic N) is 1. The summed E-state index contributed by atoms with van der Waals surface area (Å²) in [6.07, 6.45) is 1.85. The van der Waals surface area contributed by atoms with E-state index >= 15 is 0 Å². The van der Waals surface area contributed by atoms with Crippen LogP contribution in [-0.2, 0) is 11.3 Å². The van der Waals surface area contributed by atoms with Crippen LogP contribution in [0.1, 0.15) is 27.5 Å². The summed E-state index contributed by atoms with van der Waals surface area (Å²) in [7, 11) is 1.38. The van der Waals surface area contributed by atoms with E-state index in [1.54, 1.807) is 0 Å². The summed E-state index contributed by atoms with van der Waals surface area (Å²) in [6, 6.07) is 12.4. The fourth-order valence-electron chi connectivity index (χ4n) is 3.11. The zero-order chi connectivity index (χ0) is 15.5. The number of carbonyl (C=O) groups excluding carboxylic acids is 1. The first-order valence-corrected chi connectivity index (χ1v) is 7.46. The average Bonchev–Trinajstić information content (AvgIpc) is 3.14. The van der Waals surface area contributed by atoms with Gasteiger partial charge in [0, 0.05) is 37.8 Å². The second kappa shape index (κ2) is 6.34. The third-order valence-corrected chi connectivity index (χ3v) is 4.22. The average molecular weight is 299 g/mol. The van der Waals surface area contributed by atoms with Gasteiger partial charge in [-0.05, 0) is 17.2 Å². The highest BCUT2D eigenvalue weighted by Gasteiger charge is 2.31. The van der Waals surface area contributed by atoms with Crippen LogP contribution in [0.2, 0.25) is 0 Å². The summed E-state index contributed by atoms with van der Waals surface area (Å²) in [5, 5.41) is 0. The predicted molar refractivity (Wildman–Crippen MR) is 84.6 cm³/mol. The number of esters is 1. The van der Waals surface area contributed by atoms with Crippen molar-refractivity contribution >= 4 is 5.97 Å². The normalized spacial score (nSPS) is 21.9. The molecule has 3 N–H and O–H groups in total. The number of carbonyl (C=O) groups is 1. The van der Waals surface area contributed by atoms with Gasteiger partial charge in [-0.15, -0.1) is 0 Å². The first kappa shape index (κ1) is 14.8. The van der Waals surface area contributed by atoms with Gasteiger partial charge in [-0.25, -0.2) is 4.79 Å². The van der Waals surface area contributed by atoms with Crippen LogP contribution in [0.3, 0.4) is 0 Å². The molecule has 1 aromatic heterocycles. The molecule has 22 heavy (non-hydrogen) atoms. The lowest BCUT2D eigenvalue weighted by Gasteiger charge is -2.15. The van der Waals surface area contributed by atoms with Gasteiger partial charge in [0.15, 0.2) is 0 Å². The van der Waals surface area contributed by atoms with Crippen molar-refractivity contribution in [2.75, 3.05) is 20.2 Å². The molecule has 2 atom stereocenters. The summed E-state index contributed by atoms with van der Waals surface area (Å²) in [5.41, 5.74) is 9.16. The lowest BCUT2D eigenvalue weighted by Crippen LogP contribution is -2.28.